The molecule has 2 aliphatic carbocycles. The van der Waals surface area contributed by atoms with E-state index in [4.69, 9.17) is 0 Å². The SMILES string of the molecule is CCCC1(CNC(=O)NC2CC2)CC1. The van der Waals surface area contributed by atoms with Gasteiger partial charge in [0, 0.05) is 12.6 Å². The lowest BCUT2D eigenvalue weighted by Gasteiger charge is -2.15. The largest absolute Gasteiger partial charge is 0.338 e. The summed E-state index contributed by atoms with van der Waals surface area (Å²) in [4.78, 5) is 11.3. The lowest BCUT2D eigenvalue weighted by molar-refractivity contribution is 0.237. The number of rotatable bonds is 5. The summed E-state index contributed by atoms with van der Waals surface area (Å²) < 4.78 is 0. The molecule has 2 saturated carbocycles. The summed E-state index contributed by atoms with van der Waals surface area (Å²) in [5.74, 6) is 0. The van der Waals surface area contributed by atoms with E-state index in [1.54, 1.807) is 0 Å². The molecular formula is C11H20N2O. The Morgan fingerprint density at radius 3 is 2.64 bits per heavy atom. The number of carbonyl (C=O) groups excluding carboxylic acids is 1. The Balaban J connectivity index is 1.63. The molecule has 2 rings (SSSR count). The zero-order valence-corrected chi connectivity index (χ0v) is 8.94. The molecule has 2 fully saturated rings. The average Bonchev–Trinajstić information content (AvgIpc) is 3.00. The van der Waals surface area contributed by atoms with Gasteiger partial charge in [-0.15, -0.1) is 0 Å². The number of carbonyl (C=O) groups is 1. The van der Waals surface area contributed by atoms with E-state index in [2.05, 4.69) is 17.6 Å². The summed E-state index contributed by atoms with van der Waals surface area (Å²) in [5.41, 5.74) is 0.468. The number of urea groups is 1. The van der Waals surface area contributed by atoms with E-state index in [-0.39, 0.29) is 6.03 Å². The van der Waals surface area contributed by atoms with Gasteiger partial charge in [0.25, 0.3) is 0 Å². The lowest BCUT2D eigenvalue weighted by Crippen LogP contribution is -2.39. The molecule has 0 heterocycles. The maximum atomic E-state index is 11.3. The van der Waals surface area contributed by atoms with Gasteiger partial charge in [0.1, 0.15) is 0 Å². The number of amides is 2. The minimum atomic E-state index is 0.0369. The van der Waals surface area contributed by atoms with Gasteiger partial charge >= 0.3 is 6.03 Å². The fourth-order valence-corrected chi connectivity index (χ4v) is 1.95. The van der Waals surface area contributed by atoms with Gasteiger partial charge in [-0.3, -0.25) is 0 Å². The summed E-state index contributed by atoms with van der Waals surface area (Å²) >= 11 is 0. The zero-order chi connectivity index (χ0) is 10.0. The molecule has 0 spiro atoms. The van der Waals surface area contributed by atoms with Crippen molar-refractivity contribution in [3.63, 3.8) is 0 Å². The Kier molecular flexibility index (Phi) is 2.66. The van der Waals surface area contributed by atoms with Crippen molar-refractivity contribution >= 4 is 6.03 Å². The Bertz CT molecular complexity index is 219. The van der Waals surface area contributed by atoms with Crippen LogP contribution in [-0.4, -0.2) is 18.6 Å². The van der Waals surface area contributed by atoms with E-state index in [0.717, 1.165) is 19.4 Å². The van der Waals surface area contributed by atoms with Crippen molar-refractivity contribution in [2.24, 2.45) is 5.41 Å². The van der Waals surface area contributed by atoms with Crippen molar-refractivity contribution in [2.45, 2.75) is 51.5 Å². The topological polar surface area (TPSA) is 41.1 Å². The van der Waals surface area contributed by atoms with Crippen molar-refractivity contribution in [3.8, 4) is 0 Å². The minimum Gasteiger partial charge on any atom is -0.338 e. The van der Waals surface area contributed by atoms with Crippen LogP contribution in [0.2, 0.25) is 0 Å². The molecule has 0 aromatic rings. The first kappa shape index (κ1) is 9.81. The molecule has 2 aliphatic rings. The summed E-state index contributed by atoms with van der Waals surface area (Å²) in [6, 6.07) is 0.506. The Labute approximate surface area is 85.6 Å². The molecule has 2 amide bonds. The smallest absolute Gasteiger partial charge is 0.315 e. The minimum absolute atomic E-state index is 0.0369. The predicted molar refractivity (Wildman–Crippen MR) is 56.1 cm³/mol. The maximum absolute atomic E-state index is 11.3. The van der Waals surface area contributed by atoms with Gasteiger partial charge in [-0.05, 0) is 37.5 Å². The fraction of sp³-hybridized carbons (Fsp3) is 0.909. The van der Waals surface area contributed by atoms with Crippen molar-refractivity contribution < 1.29 is 4.79 Å². The van der Waals surface area contributed by atoms with Crippen LogP contribution in [0.15, 0.2) is 0 Å². The molecular weight excluding hydrogens is 176 g/mol. The number of hydrogen-bond acceptors (Lipinski definition) is 1. The van der Waals surface area contributed by atoms with Crippen LogP contribution in [0, 0.1) is 5.41 Å². The molecule has 0 saturated heterocycles. The summed E-state index contributed by atoms with van der Waals surface area (Å²) in [6.45, 7) is 3.09. The fourth-order valence-electron chi connectivity index (χ4n) is 1.95. The highest BCUT2D eigenvalue weighted by Crippen LogP contribution is 2.48. The molecule has 0 aliphatic heterocycles. The van der Waals surface area contributed by atoms with Gasteiger partial charge in [-0.2, -0.15) is 0 Å². The summed E-state index contributed by atoms with van der Waals surface area (Å²) in [5, 5.41) is 5.94. The predicted octanol–water partition coefficient (Wildman–Crippen LogP) is 2.03. The normalized spacial score (nSPS) is 22.9. The molecule has 0 bridgehead atoms. The van der Waals surface area contributed by atoms with Crippen molar-refractivity contribution in [1.82, 2.24) is 10.6 Å². The van der Waals surface area contributed by atoms with Crippen LogP contribution in [0.3, 0.4) is 0 Å². The third kappa shape index (κ3) is 2.63. The maximum Gasteiger partial charge on any atom is 0.315 e. The monoisotopic (exact) mass is 196 g/mol. The highest BCUT2D eigenvalue weighted by atomic mass is 16.2. The van der Waals surface area contributed by atoms with E-state index in [1.165, 1.54) is 25.7 Å². The standard InChI is InChI=1S/C11H20N2O/c1-2-5-11(6-7-11)8-12-10(14)13-9-3-4-9/h9H,2-8H2,1H3,(H2,12,13,14). The van der Waals surface area contributed by atoms with Crippen LogP contribution < -0.4 is 10.6 Å². The molecule has 0 aromatic carbocycles. The van der Waals surface area contributed by atoms with Crippen LogP contribution in [-0.2, 0) is 0 Å². The second-order valence-corrected chi connectivity index (χ2v) is 4.85. The van der Waals surface area contributed by atoms with Crippen LogP contribution in [0.25, 0.3) is 0 Å². The first-order valence-electron chi connectivity index (χ1n) is 5.78. The van der Waals surface area contributed by atoms with Gasteiger partial charge in [0.15, 0.2) is 0 Å². The van der Waals surface area contributed by atoms with Gasteiger partial charge in [0.05, 0.1) is 0 Å². The van der Waals surface area contributed by atoms with E-state index >= 15 is 0 Å². The first-order chi connectivity index (χ1) is 6.74. The van der Waals surface area contributed by atoms with E-state index < -0.39 is 0 Å². The van der Waals surface area contributed by atoms with E-state index in [0.29, 0.717) is 11.5 Å². The Morgan fingerprint density at radius 2 is 2.14 bits per heavy atom. The van der Waals surface area contributed by atoms with Crippen LogP contribution in [0.1, 0.15) is 45.4 Å². The Morgan fingerprint density at radius 1 is 1.43 bits per heavy atom. The first-order valence-corrected chi connectivity index (χ1v) is 5.78. The van der Waals surface area contributed by atoms with Gasteiger partial charge < -0.3 is 10.6 Å². The second-order valence-electron chi connectivity index (χ2n) is 4.85. The second kappa shape index (κ2) is 3.79. The molecule has 3 heteroatoms. The third-order valence-electron chi connectivity index (χ3n) is 3.27. The van der Waals surface area contributed by atoms with Crippen molar-refractivity contribution in [3.05, 3.63) is 0 Å². The van der Waals surface area contributed by atoms with Gasteiger partial charge in [-0.25, -0.2) is 4.79 Å². The molecule has 0 radical (unpaired) electrons. The lowest BCUT2D eigenvalue weighted by atomic mass is 10.0. The summed E-state index contributed by atoms with van der Waals surface area (Å²) in [7, 11) is 0. The van der Waals surface area contributed by atoms with Crippen LogP contribution in [0.4, 0.5) is 4.79 Å². The molecule has 0 atom stereocenters. The van der Waals surface area contributed by atoms with Gasteiger partial charge in [-0.1, -0.05) is 13.3 Å². The molecule has 0 unspecified atom stereocenters. The van der Waals surface area contributed by atoms with Crippen molar-refractivity contribution in [2.75, 3.05) is 6.54 Å². The highest BCUT2D eigenvalue weighted by Gasteiger charge is 2.41. The number of nitrogens with one attached hydrogen (secondary N) is 2. The summed E-state index contributed by atoms with van der Waals surface area (Å²) in [6.07, 6.45) is 7.40. The van der Waals surface area contributed by atoms with E-state index in [1.807, 2.05) is 0 Å². The van der Waals surface area contributed by atoms with Gasteiger partial charge in [0.2, 0.25) is 0 Å². The molecule has 3 nitrogen and oxygen atoms in total. The molecule has 2 N–H and O–H groups in total. The van der Waals surface area contributed by atoms with Crippen molar-refractivity contribution in [1.29, 1.82) is 0 Å². The highest BCUT2D eigenvalue weighted by molar-refractivity contribution is 5.74. The van der Waals surface area contributed by atoms with Crippen LogP contribution >= 0.6 is 0 Å². The molecule has 14 heavy (non-hydrogen) atoms. The molecule has 0 aromatic heterocycles. The quantitative estimate of drug-likeness (QED) is 0.694. The zero-order valence-electron chi connectivity index (χ0n) is 8.94. The number of hydrogen-bond donors (Lipinski definition) is 2. The third-order valence-corrected chi connectivity index (χ3v) is 3.27. The van der Waals surface area contributed by atoms with Crippen LogP contribution in [0.5, 0.6) is 0 Å². The Hall–Kier alpha value is -0.730. The van der Waals surface area contributed by atoms with E-state index in [9.17, 15) is 4.79 Å². The molecule has 80 valence electrons. The average molecular weight is 196 g/mol.